The zero-order valence-electron chi connectivity index (χ0n) is 12.3. The Morgan fingerprint density at radius 1 is 1.19 bits per heavy atom. The molecule has 1 atom stereocenters. The molecule has 112 valence electrons. The molecule has 0 aliphatic carbocycles. The Hall–Kier alpha value is -1.71. The number of hydrogen-bond donors (Lipinski definition) is 2. The Bertz CT molecular complexity index is 584. The molecule has 2 aromatic rings. The van der Waals surface area contributed by atoms with Crippen molar-refractivity contribution in [2.45, 2.75) is 19.4 Å². The summed E-state index contributed by atoms with van der Waals surface area (Å²) in [5.41, 5.74) is 2.10. The Balaban J connectivity index is 1.89. The Labute approximate surface area is 130 Å². The van der Waals surface area contributed by atoms with Gasteiger partial charge in [-0.05, 0) is 43.7 Å². The van der Waals surface area contributed by atoms with Gasteiger partial charge in [-0.15, -0.1) is 0 Å². The van der Waals surface area contributed by atoms with E-state index in [1.165, 1.54) is 5.56 Å². The van der Waals surface area contributed by atoms with Crippen LogP contribution in [0.3, 0.4) is 0 Å². The summed E-state index contributed by atoms with van der Waals surface area (Å²) >= 11 is 5.86. The third kappa shape index (κ3) is 4.38. The average molecular weight is 306 g/mol. The lowest BCUT2D eigenvalue weighted by molar-refractivity contribution is 0.404. The van der Waals surface area contributed by atoms with Crippen molar-refractivity contribution in [2.75, 3.05) is 13.7 Å². The molecule has 2 N–H and O–H groups in total. The quantitative estimate of drug-likeness (QED) is 0.849. The van der Waals surface area contributed by atoms with Crippen LogP contribution in [0.4, 0.5) is 0 Å². The molecule has 0 aliphatic rings. The van der Waals surface area contributed by atoms with E-state index in [0.29, 0.717) is 5.75 Å². The molecule has 0 aliphatic heterocycles. The number of phenolic OH excluding ortho intramolecular Hbond substituents is 1. The van der Waals surface area contributed by atoms with Crippen molar-refractivity contribution >= 4 is 11.6 Å². The minimum Gasteiger partial charge on any atom is -0.507 e. The fraction of sp³-hybridized carbons (Fsp3) is 0.294. The van der Waals surface area contributed by atoms with Crippen LogP contribution in [0.5, 0.6) is 11.5 Å². The van der Waals surface area contributed by atoms with Gasteiger partial charge in [-0.1, -0.05) is 29.8 Å². The SMILES string of the molecule is COc1ccc(C(C)NCCc2ccc(Cl)cc2)c(O)c1. The molecule has 3 nitrogen and oxygen atoms in total. The summed E-state index contributed by atoms with van der Waals surface area (Å²) in [7, 11) is 1.59. The number of benzene rings is 2. The molecule has 2 rings (SSSR count). The summed E-state index contributed by atoms with van der Waals surface area (Å²) in [6.45, 7) is 2.86. The van der Waals surface area contributed by atoms with Gasteiger partial charge in [0, 0.05) is 22.7 Å². The van der Waals surface area contributed by atoms with Gasteiger partial charge in [0.05, 0.1) is 7.11 Å². The molecule has 0 bridgehead atoms. The van der Waals surface area contributed by atoms with E-state index in [9.17, 15) is 5.11 Å². The maximum atomic E-state index is 10.0. The Kier molecular flexibility index (Phi) is 5.48. The normalized spacial score (nSPS) is 12.1. The second-order valence-corrected chi connectivity index (χ2v) is 5.41. The van der Waals surface area contributed by atoms with Crippen LogP contribution < -0.4 is 10.1 Å². The number of hydrogen-bond acceptors (Lipinski definition) is 3. The van der Waals surface area contributed by atoms with Gasteiger partial charge in [-0.3, -0.25) is 0 Å². The van der Waals surface area contributed by atoms with Crippen molar-refractivity contribution in [1.29, 1.82) is 0 Å². The van der Waals surface area contributed by atoms with E-state index in [4.69, 9.17) is 16.3 Å². The molecule has 1 unspecified atom stereocenters. The van der Waals surface area contributed by atoms with Crippen LogP contribution in [0.15, 0.2) is 42.5 Å². The van der Waals surface area contributed by atoms with Crippen LogP contribution >= 0.6 is 11.6 Å². The lowest BCUT2D eigenvalue weighted by Crippen LogP contribution is -2.21. The van der Waals surface area contributed by atoms with E-state index in [1.807, 2.05) is 43.3 Å². The molecule has 0 amide bonds. The van der Waals surface area contributed by atoms with Gasteiger partial charge in [0.1, 0.15) is 11.5 Å². The lowest BCUT2D eigenvalue weighted by atomic mass is 10.1. The molecular weight excluding hydrogens is 286 g/mol. The molecule has 0 heterocycles. The first kappa shape index (κ1) is 15.7. The van der Waals surface area contributed by atoms with E-state index >= 15 is 0 Å². The number of phenols is 1. The minimum atomic E-state index is 0.0724. The van der Waals surface area contributed by atoms with Crippen LogP contribution in [0, 0.1) is 0 Å². The second-order valence-electron chi connectivity index (χ2n) is 4.98. The first-order valence-electron chi connectivity index (χ1n) is 6.95. The maximum absolute atomic E-state index is 10.0. The Morgan fingerprint density at radius 2 is 1.90 bits per heavy atom. The summed E-state index contributed by atoms with van der Waals surface area (Å²) in [5.74, 6) is 0.908. The standard InChI is InChI=1S/C17H20ClNO2/c1-12(16-8-7-15(21-2)11-17(16)20)19-10-9-13-3-5-14(18)6-4-13/h3-8,11-12,19-20H,9-10H2,1-2H3. The van der Waals surface area contributed by atoms with Crippen molar-refractivity contribution in [3.05, 3.63) is 58.6 Å². The van der Waals surface area contributed by atoms with Crippen LogP contribution in [-0.2, 0) is 6.42 Å². The zero-order chi connectivity index (χ0) is 15.2. The molecule has 0 saturated carbocycles. The fourth-order valence-corrected chi connectivity index (χ4v) is 2.34. The van der Waals surface area contributed by atoms with E-state index in [2.05, 4.69) is 5.32 Å². The highest BCUT2D eigenvalue weighted by Crippen LogP contribution is 2.28. The molecule has 2 aromatic carbocycles. The van der Waals surface area contributed by atoms with Crippen LogP contribution in [0.25, 0.3) is 0 Å². The second kappa shape index (κ2) is 7.34. The lowest BCUT2D eigenvalue weighted by Gasteiger charge is -2.16. The number of halogens is 1. The molecule has 0 aromatic heterocycles. The van der Waals surface area contributed by atoms with Gasteiger partial charge in [0.25, 0.3) is 0 Å². The van der Waals surface area contributed by atoms with Crippen molar-refractivity contribution in [1.82, 2.24) is 5.32 Å². The van der Waals surface area contributed by atoms with Crippen LogP contribution in [0.1, 0.15) is 24.1 Å². The Morgan fingerprint density at radius 3 is 2.52 bits per heavy atom. The third-order valence-electron chi connectivity index (χ3n) is 3.48. The van der Waals surface area contributed by atoms with Gasteiger partial charge >= 0.3 is 0 Å². The molecular formula is C17H20ClNO2. The summed E-state index contributed by atoms with van der Waals surface area (Å²) in [4.78, 5) is 0. The highest BCUT2D eigenvalue weighted by atomic mass is 35.5. The van der Waals surface area contributed by atoms with E-state index in [-0.39, 0.29) is 11.8 Å². The molecule has 21 heavy (non-hydrogen) atoms. The number of nitrogens with one attached hydrogen (secondary N) is 1. The number of methoxy groups -OCH3 is 1. The third-order valence-corrected chi connectivity index (χ3v) is 3.73. The van der Waals surface area contributed by atoms with Crippen LogP contribution in [-0.4, -0.2) is 18.8 Å². The molecule has 0 saturated heterocycles. The molecule has 4 heteroatoms. The monoisotopic (exact) mass is 305 g/mol. The van der Waals surface area contributed by atoms with E-state index in [0.717, 1.165) is 23.6 Å². The van der Waals surface area contributed by atoms with Gasteiger partial charge < -0.3 is 15.2 Å². The molecule has 0 radical (unpaired) electrons. The van der Waals surface area contributed by atoms with E-state index < -0.39 is 0 Å². The highest BCUT2D eigenvalue weighted by Gasteiger charge is 2.10. The van der Waals surface area contributed by atoms with Crippen molar-refractivity contribution in [3.8, 4) is 11.5 Å². The topological polar surface area (TPSA) is 41.5 Å². The zero-order valence-corrected chi connectivity index (χ0v) is 13.0. The predicted octanol–water partition coefficient (Wildman–Crippen LogP) is 3.95. The van der Waals surface area contributed by atoms with Gasteiger partial charge in [0.2, 0.25) is 0 Å². The van der Waals surface area contributed by atoms with Crippen molar-refractivity contribution in [3.63, 3.8) is 0 Å². The largest absolute Gasteiger partial charge is 0.507 e. The average Bonchev–Trinajstić information content (AvgIpc) is 2.49. The number of rotatable bonds is 6. The summed E-state index contributed by atoms with van der Waals surface area (Å²) in [5, 5.41) is 14.2. The summed E-state index contributed by atoms with van der Waals surface area (Å²) in [6.07, 6.45) is 0.915. The smallest absolute Gasteiger partial charge is 0.124 e. The first-order chi connectivity index (χ1) is 10.1. The van der Waals surface area contributed by atoms with Gasteiger partial charge in [-0.2, -0.15) is 0 Å². The predicted molar refractivity (Wildman–Crippen MR) is 86.2 cm³/mol. The van der Waals surface area contributed by atoms with E-state index in [1.54, 1.807) is 13.2 Å². The van der Waals surface area contributed by atoms with Gasteiger partial charge in [-0.25, -0.2) is 0 Å². The summed E-state index contributed by atoms with van der Waals surface area (Å²) < 4.78 is 5.09. The van der Waals surface area contributed by atoms with Crippen molar-refractivity contribution in [2.24, 2.45) is 0 Å². The first-order valence-corrected chi connectivity index (χ1v) is 7.32. The van der Waals surface area contributed by atoms with Gasteiger partial charge in [0.15, 0.2) is 0 Å². The fourth-order valence-electron chi connectivity index (χ4n) is 2.21. The molecule has 0 fully saturated rings. The molecule has 0 spiro atoms. The minimum absolute atomic E-state index is 0.0724. The van der Waals surface area contributed by atoms with Crippen molar-refractivity contribution < 1.29 is 9.84 Å². The maximum Gasteiger partial charge on any atom is 0.124 e. The summed E-state index contributed by atoms with van der Waals surface area (Å²) in [6, 6.07) is 13.3. The highest BCUT2D eigenvalue weighted by molar-refractivity contribution is 6.30. The van der Waals surface area contributed by atoms with Crippen LogP contribution in [0.2, 0.25) is 5.02 Å². The number of ether oxygens (including phenoxy) is 1. The number of aromatic hydroxyl groups is 1.